The van der Waals surface area contributed by atoms with Crippen LogP contribution in [0.4, 0.5) is 23.7 Å². The number of anilines is 1. The van der Waals surface area contributed by atoms with Gasteiger partial charge in [0.25, 0.3) is 0 Å². The molecular formula is C15H19F3N2O2. The van der Waals surface area contributed by atoms with Crippen LogP contribution in [0, 0.1) is 0 Å². The van der Waals surface area contributed by atoms with Crippen molar-refractivity contribution in [2.24, 2.45) is 5.73 Å². The minimum absolute atomic E-state index is 0.182. The normalized spacial score (nSPS) is 21.5. The fraction of sp³-hybridized carbons (Fsp3) is 0.533. The summed E-state index contributed by atoms with van der Waals surface area (Å²) >= 11 is 0. The van der Waals surface area contributed by atoms with E-state index in [1.165, 1.54) is 11.0 Å². The van der Waals surface area contributed by atoms with Crippen molar-refractivity contribution in [3.63, 3.8) is 0 Å². The maximum Gasteiger partial charge on any atom is 0.416 e. The Morgan fingerprint density at radius 2 is 2.09 bits per heavy atom. The smallest absolute Gasteiger partial charge is 0.416 e. The van der Waals surface area contributed by atoms with E-state index in [0.717, 1.165) is 12.1 Å². The van der Waals surface area contributed by atoms with Gasteiger partial charge in [-0.05, 0) is 43.5 Å². The third-order valence-electron chi connectivity index (χ3n) is 3.84. The summed E-state index contributed by atoms with van der Waals surface area (Å²) in [5, 5.41) is 0. The van der Waals surface area contributed by atoms with Crippen molar-refractivity contribution in [2.75, 3.05) is 11.5 Å². The summed E-state index contributed by atoms with van der Waals surface area (Å²) in [7, 11) is 0. The third kappa shape index (κ3) is 3.04. The van der Waals surface area contributed by atoms with E-state index in [9.17, 15) is 18.0 Å². The highest BCUT2D eigenvalue weighted by Gasteiger charge is 2.37. The summed E-state index contributed by atoms with van der Waals surface area (Å²) in [6.07, 6.45) is -3.94. The van der Waals surface area contributed by atoms with Gasteiger partial charge in [-0.1, -0.05) is 6.92 Å². The number of carbonyl (C=O) groups excluding carboxylic acids is 1. The van der Waals surface area contributed by atoms with E-state index in [-0.39, 0.29) is 12.6 Å². The van der Waals surface area contributed by atoms with E-state index in [4.69, 9.17) is 10.5 Å². The summed E-state index contributed by atoms with van der Waals surface area (Å²) in [6.45, 7) is 3.79. The number of hydrogen-bond acceptors (Lipinski definition) is 3. The quantitative estimate of drug-likeness (QED) is 0.901. The summed E-state index contributed by atoms with van der Waals surface area (Å²) in [6, 6.07) is 2.58. The van der Waals surface area contributed by atoms with Crippen molar-refractivity contribution in [2.45, 2.75) is 44.9 Å². The number of hydrogen-bond donors (Lipinski definition) is 1. The summed E-state index contributed by atoms with van der Waals surface area (Å²) in [5.41, 5.74) is 5.98. The van der Waals surface area contributed by atoms with Crippen LogP contribution < -0.4 is 10.6 Å². The number of fused-ring (bicyclic) bond motifs is 1. The molecule has 1 aliphatic rings. The van der Waals surface area contributed by atoms with Crippen LogP contribution >= 0.6 is 0 Å². The van der Waals surface area contributed by atoms with Crippen LogP contribution in [0.25, 0.3) is 0 Å². The van der Waals surface area contributed by atoms with Crippen LogP contribution in [-0.4, -0.2) is 18.7 Å². The number of alkyl halides is 3. The van der Waals surface area contributed by atoms with Crippen LogP contribution in [0.3, 0.4) is 0 Å². The lowest BCUT2D eigenvalue weighted by Crippen LogP contribution is -2.46. The summed E-state index contributed by atoms with van der Waals surface area (Å²) in [5.74, 6) is 0. The first-order valence-corrected chi connectivity index (χ1v) is 7.22. The molecule has 0 aromatic heterocycles. The number of carbonyl (C=O) groups is 1. The van der Waals surface area contributed by atoms with Gasteiger partial charge in [0, 0.05) is 12.1 Å². The number of halogens is 3. The van der Waals surface area contributed by atoms with Gasteiger partial charge < -0.3 is 10.5 Å². The molecule has 1 aromatic rings. The number of nitrogens with zero attached hydrogens (tertiary/aromatic N) is 1. The molecule has 1 amide bonds. The van der Waals surface area contributed by atoms with E-state index in [2.05, 4.69) is 0 Å². The molecule has 2 N–H and O–H groups in total. The summed E-state index contributed by atoms with van der Waals surface area (Å²) in [4.78, 5) is 13.6. The van der Waals surface area contributed by atoms with Gasteiger partial charge in [-0.15, -0.1) is 0 Å². The summed E-state index contributed by atoms with van der Waals surface area (Å²) < 4.78 is 43.6. The Morgan fingerprint density at radius 3 is 2.64 bits per heavy atom. The largest absolute Gasteiger partial charge is 0.449 e. The zero-order valence-electron chi connectivity index (χ0n) is 12.5. The molecule has 1 aliphatic heterocycles. The van der Waals surface area contributed by atoms with Gasteiger partial charge in [0.05, 0.1) is 17.9 Å². The second kappa shape index (κ2) is 6.16. The Morgan fingerprint density at radius 1 is 1.41 bits per heavy atom. The zero-order valence-corrected chi connectivity index (χ0v) is 12.5. The van der Waals surface area contributed by atoms with E-state index in [0.29, 0.717) is 24.1 Å². The molecule has 122 valence electrons. The van der Waals surface area contributed by atoms with Gasteiger partial charge in [0.2, 0.25) is 0 Å². The molecule has 2 atom stereocenters. The highest BCUT2D eigenvalue weighted by atomic mass is 19.4. The van der Waals surface area contributed by atoms with E-state index < -0.39 is 23.9 Å². The van der Waals surface area contributed by atoms with Crippen LogP contribution in [0.2, 0.25) is 0 Å². The number of ether oxygens (including phenoxy) is 1. The van der Waals surface area contributed by atoms with Gasteiger partial charge >= 0.3 is 12.3 Å². The molecule has 0 radical (unpaired) electrons. The monoisotopic (exact) mass is 316 g/mol. The first-order chi connectivity index (χ1) is 10.3. The Bertz CT molecular complexity index is 560. The molecule has 2 rings (SSSR count). The van der Waals surface area contributed by atoms with Crippen molar-refractivity contribution in [3.05, 3.63) is 29.3 Å². The zero-order chi connectivity index (χ0) is 16.5. The van der Waals surface area contributed by atoms with Crippen LogP contribution in [0.1, 0.15) is 43.9 Å². The van der Waals surface area contributed by atoms with Crippen molar-refractivity contribution >= 4 is 11.8 Å². The maximum absolute atomic E-state index is 12.9. The van der Waals surface area contributed by atoms with Gasteiger partial charge in [0.1, 0.15) is 0 Å². The average molecular weight is 316 g/mol. The first kappa shape index (κ1) is 16.6. The number of nitrogens with two attached hydrogens (primary N) is 1. The molecule has 1 aromatic carbocycles. The van der Waals surface area contributed by atoms with Crippen molar-refractivity contribution < 1.29 is 22.7 Å². The van der Waals surface area contributed by atoms with Gasteiger partial charge in [-0.25, -0.2) is 4.79 Å². The lowest BCUT2D eigenvalue weighted by molar-refractivity contribution is -0.137. The Hall–Kier alpha value is -1.76. The fourth-order valence-electron chi connectivity index (χ4n) is 2.76. The van der Waals surface area contributed by atoms with Gasteiger partial charge in [-0.2, -0.15) is 13.2 Å². The molecular weight excluding hydrogens is 297 g/mol. The molecule has 0 spiro atoms. The van der Waals surface area contributed by atoms with Crippen molar-refractivity contribution in [1.82, 2.24) is 0 Å². The van der Waals surface area contributed by atoms with E-state index >= 15 is 0 Å². The predicted octanol–water partition coefficient (Wildman–Crippen LogP) is 3.85. The van der Waals surface area contributed by atoms with E-state index in [1.54, 1.807) is 6.92 Å². The second-order valence-corrected chi connectivity index (χ2v) is 5.24. The van der Waals surface area contributed by atoms with Crippen LogP contribution in [0.5, 0.6) is 0 Å². The highest BCUT2D eigenvalue weighted by Crippen LogP contribution is 2.40. The Kier molecular flexibility index (Phi) is 4.65. The number of rotatable bonds is 2. The number of benzene rings is 1. The standard InChI is InChI=1S/C15H19F3N2O2/c1-3-10-8-12(19)11-7-9(15(16,17)18)5-6-13(11)20(10)14(21)22-4-2/h5-7,10,12H,3-4,8,19H2,1-2H3/t10-,12+/m1/s1. The molecule has 7 heteroatoms. The number of amides is 1. The Labute approximate surface area is 127 Å². The lowest BCUT2D eigenvalue weighted by Gasteiger charge is -2.39. The van der Waals surface area contributed by atoms with Crippen molar-refractivity contribution in [3.8, 4) is 0 Å². The predicted molar refractivity (Wildman–Crippen MR) is 76.6 cm³/mol. The third-order valence-corrected chi connectivity index (χ3v) is 3.84. The van der Waals surface area contributed by atoms with Crippen molar-refractivity contribution in [1.29, 1.82) is 0 Å². The Balaban J connectivity index is 2.49. The minimum atomic E-state index is -4.44. The van der Waals surface area contributed by atoms with Gasteiger partial charge in [0.15, 0.2) is 0 Å². The molecule has 0 unspecified atom stereocenters. The maximum atomic E-state index is 12.9. The molecule has 0 aliphatic carbocycles. The van der Waals surface area contributed by atoms with Crippen LogP contribution in [-0.2, 0) is 10.9 Å². The molecule has 4 nitrogen and oxygen atoms in total. The van der Waals surface area contributed by atoms with Gasteiger partial charge in [-0.3, -0.25) is 4.90 Å². The molecule has 0 fully saturated rings. The molecule has 0 bridgehead atoms. The molecule has 0 saturated carbocycles. The molecule has 0 saturated heterocycles. The first-order valence-electron chi connectivity index (χ1n) is 7.22. The second-order valence-electron chi connectivity index (χ2n) is 5.24. The molecule has 1 heterocycles. The minimum Gasteiger partial charge on any atom is -0.449 e. The topological polar surface area (TPSA) is 55.6 Å². The van der Waals surface area contributed by atoms with Crippen LogP contribution in [0.15, 0.2) is 18.2 Å². The average Bonchev–Trinajstić information content (AvgIpc) is 2.45. The highest BCUT2D eigenvalue weighted by molar-refractivity contribution is 5.90. The fourth-order valence-corrected chi connectivity index (χ4v) is 2.76. The van der Waals surface area contributed by atoms with E-state index in [1.807, 2.05) is 6.92 Å². The SMILES string of the molecule is CCOC(=O)N1c2ccc(C(F)(F)F)cc2[C@@H](N)C[C@H]1CC. The molecule has 22 heavy (non-hydrogen) atoms. The lowest BCUT2D eigenvalue weighted by atomic mass is 9.89.